The Morgan fingerprint density at radius 2 is 1.68 bits per heavy atom. The third kappa shape index (κ3) is 4.75. The lowest BCUT2D eigenvalue weighted by molar-refractivity contribution is -0.147. The third-order valence-electron chi connectivity index (χ3n) is 6.12. The Bertz CT molecular complexity index is 714. The van der Waals surface area contributed by atoms with Crippen LogP contribution in [0.5, 0.6) is 0 Å². The van der Waals surface area contributed by atoms with Crippen molar-refractivity contribution in [1.82, 2.24) is 4.90 Å². The molecule has 0 aliphatic carbocycles. The number of benzene rings is 2. The van der Waals surface area contributed by atoms with Gasteiger partial charge in [0.2, 0.25) is 0 Å². The van der Waals surface area contributed by atoms with Crippen molar-refractivity contribution in [2.45, 2.75) is 31.0 Å². The van der Waals surface area contributed by atoms with Crippen molar-refractivity contribution in [3.63, 3.8) is 0 Å². The predicted molar refractivity (Wildman–Crippen MR) is 114 cm³/mol. The minimum Gasteiger partial charge on any atom is -0.382 e. The Morgan fingerprint density at radius 1 is 1.00 bits per heavy atom. The normalized spacial score (nSPS) is 22.5. The standard InChI is InChI=1S/C24H32N2O2/c1-27-19-23-18-26(22-10-6-3-7-11-22)20-24(28-23)13-16-25(17-14-24)15-12-21-8-4-2-5-9-21/h2-11,23H,12-20H2,1H3. The Labute approximate surface area is 169 Å². The van der Waals surface area contributed by atoms with Gasteiger partial charge in [-0.05, 0) is 37.0 Å². The fourth-order valence-electron chi connectivity index (χ4n) is 4.59. The van der Waals surface area contributed by atoms with Crippen LogP contribution >= 0.6 is 0 Å². The first kappa shape index (κ1) is 19.4. The second-order valence-electron chi connectivity index (χ2n) is 8.17. The first-order valence-corrected chi connectivity index (χ1v) is 10.5. The van der Waals surface area contributed by atoms with Crippen molar-refractivity contribution in [2.24, 2.45) is 0 Å². The Morgan fingerprint density at radius 3 is 2.36 bits per heavy atom. The summed E-state index contributed by atoms with van der Waals surface area (Å²) in [6, 6.07) is 21.5. The molecule has 0 amide bonds. The molecule has 0 radical (unpaired) electrons. The lowest BCUT2D eigenvalue weighted by atomic mass is 9.88. The van der Waals surface area contributed by atoms with Gasteiger partial charge in [-0.15, -0.1) is 0 Å². The van der Waals surface area contributed by atoms with Crippen LogP contribution in [-0.2, 0) is 15.9 Å². The number of likely N-dealkylation sites (tertiary alicyclic amines) is 1. The lowest BCUT2D eigenvalue weighted by Gasteiger charge is -2.50. The van der Waals surface area contributed by atoms with Gasteiger partial charge in [0.05, 0.1) is 18.3 Å². The van der Waals surface area contributed by atoms with Gasteiger partial charge in [-0.3, -0.25) is 0 Å². The summed E-state index contributed by atoms with van der Waals surface area (Å²) >= 11 is 0. The summed E-state index contributed by atoms with van der Waals surface area (Å²) in [5.74, 6) is 0. The fraction of sp³-hybridized carbons (Fsp3) is 0.500. The molecule has 2 fully saturated rings. The number of morpholine rings is 1. The zero-order valence-electron chi connectivity index (χ0n) is 16.9. The van der Waals surface area contributed by atoms with Gasteiger partial charge >= 0.3 is 0 Å². The summed E-state index contributed by atoms with van der Waals surface area (Å²) in [6.45, 7) is 5.87. The van der Waals surface area contributed by atoms with Crippen molar-refractivity contribution < 1.29 is 9.47 Å². The smallest absolute Gasteiger partial charge is 0.0991 e. The maximum Gasteiger partial charge on any atom is 0.0991 e. The molecule has 2 saturated heterocycles. The van der Waals surface area contributed by atoms with E-state index in [-0.39, 0.29) is 11.7 Å². The summed E-state index contributed by atoms with van der Waals surface area (Å²) in [4.78, 5) is 5.08. The van der Waals surface area contributed by atoms with Gasteiger partial charge in [-0.1, -0.05) is 48.5 Å². The number of ether oxygens (including phenoxy) is 2. The van der Waals surface area contributed by atoms with E-state index in [1.54, 1.807) is 7.11 Å². The molecule has 4 rings (SSSR count). The molecule has 1 spiro atoms. The summed E-state index contributed by atoms with van der Waals surface area (Å²) < 4.78 is 12.1. The van der Waals surface area contributed by atoms with Gasteiger partial charge < -0.3 is 19.3 Å². The molecule has 1 unspecified atom stereocenters. The molecule has 0 bridgehead atoms. The van der Waals surface area contributed by atoms with Crippen LogP contribution in [0.4, 0.5) is 5.69 Å². The molecule has 2 aromatic carbocycles. The van der Waals surface area contributed by atoms with Crippen LogP contribution in [0.2, 0.25) is 0 Å². The van der Waals surface area contributed by atoms with Crippen LogP contribution in [0.3, 0.4) is 0 Å². The quantitative estimate of drug-likeness (QED) is 0.764. The van der Waals surface area contributed by atoms with E-state index >= 15 is 0 Å². The molecule has 4 nitrogen and oxygen atoms in total. The number of para-hydroxylation sites is 1. The molecule has 2 aromatic rings. The van der Waals surface area contributed by atoms with E-state index < -0.39 is 0 Å². The minimum absolute atomic E-state index is 0.0550. The number of methoxy groups -OCH3 is 1. The molecule has 2 heterocycles. The van der Waals surface area contributed by atoms with E-state index in [2.05, 4.69) is 70.5 Å². The highest BCUT2D eigenvalue weighted by Crippen LogP contribution is 2.34. The van der Waals surface area contributed by atoms with Crippen LogP contribution in [0.1, 0.15) is 18.4 Å². The number of hydrogen-bond acceptors (Lipinski definition) is 4. The average molecular weight is 381 g/mol. The number of nitrogens with zero attached hydrogens (tertiary/aromatic N) is 2. The van der Waals surface area contributed by atoms with Crippen molar-refractivity contribution in [3.8, 4) is 0 Å². The summed E-state index contributed by atoms with van der Waals surface area (Å²) in [6.07, 6.45) is 3.43. The largest absolute Gasteiger partial charge is 0.382 e. The summed E-state index contributed by atoms with van der Waals surface area (Å²) in [7, 11) is 1.77. The van der Waals surface area contributed by atoms with Crippen molar-refractivity contribution in [3.05, 3.63) is 66.2 Å². The van der Waals surface area contributed by atoms with E-state index in [1.807, 2.05) is 0 Å². The molecular weight excluding hydrogens is 348 g/mol. The maximum absolute atomic E-state index is 6.62. The number of rotatable bonds is 6. The van der Waals surface area contributed by atoms with E-state index in [1.165, 1.54) is 11.3 Å². The number of hydrogen-bond donors (Lipinski definition) is 0. The number of piperidine rings is 1. The van der Waals surface area contributed by atoms with Gasteiger partial charge in [0.15, 0.2) is 0 Å². The van der Waals surface area contributed by atoms with Gasteiger partial charge in [0, 0.05) is 45.5 Å². The third-order valence-corrected chi connectivity index (χ3v) is 6.12. The molecule has 150 valence electrons. The second-order valence-corrected chi connectivity index (χ2v) is 8.17. The van der Waals surface area contributed by atoms with Crippen LogP contribution in [0.25, 0.3) is 0 Å². The zero-order valence-corrected chi connectivity index (χ0v) is 16.9. The van der Waals surface area contributed by atoms with E-state index in [0.29, 0.717) is 6.61 Å². The molecule has 2 aliphatic heterocycles. The molecule has 2 aliphatic rings. The molecule has 0 aromatic heterocycles. The SMILES string of the molecule is COCC1CN(c2ccccc2)CC2(CCN(CCc3ccccc3)CC2)O1. The first-order valence-electron chi connectivity index (χ1n) is 10.5. The van der Waals surface area contributed by atoms with E-state index in [9.17, 15) is 0 Å². The van der Waals surface area contributed by atoms with Crippen molar-refractivity contribution in [1.29, 1.82) is 0 Å². The second kappa shape index (κ2) is 9.08. The van der Waals surface area contributed by atoms with Crippen LogP contribution < -0.4 is 4.90 Å². The molecule has 4 heteroatoms. The fourth-order valence-corrected chi connectivity index (χ4v) is 4.59. The maximum atomic E-state index is 6.62. The van der Waals surface area contributed by atoms with Gasteiger partial charge in [-0.25, -0.2) is 0 Å². The summed E-state index contributed by atoms with van der Waals surface area (Å²) in [5.41, 5.74) is 2.66. The minimum atomic E-state index is -0.0550. The van der Waals surface area contributed by atoms with Gasteiger partial charge in [0.25, 0.3) is 0 Å². The molecule has 1 atom stereocenters. The van der Waals surface area contributed by atoms with Gasteiger partial charge in [-0.2, -0.15) is 0 Å². The van der Waals surface area contributed by atoms with E-state index in [4.69, 9.17) is 9.47 Å². The van der Waals surface area contributed by atoms with Crippen LogP contribution in [0.15, 0.2) is 60.7 Å². The highest BCUT2D eigenvalue weighted by Gasteiger charge is 2.43. The first-order chi connectivity index (χ1) is 13.8. The molecule has 28 heavy (non-hydrogen) atoms. The van der Waals surface area contributed by atoms with Crippen LogP contribution in [0, 0.1) is 0 Å². The lowest BCUT2D eigenvalue weighted by Crippen LogP contribution is -2.60. The summed E-state index contributed by atoms with van der Waals surface area (Å²) in [5, 5.41) is 0. The monoisotopic (exact) mass is 380 g/mol. The van der Waals surface area contributed by atoms with Crippen molar-refractivity contribution in [2.75, 3.05) is 51.3 Å². The molecule has 0 saturated carbocycles. The predicted octanol–water partition coefficient (Wildman–Crippen LogP) is 3.62. The molecule has 0 N–H and O–H groups in total. The topological polar surface area (TPSA) is 24.9 Å². The van der Waals surface area contributed by atoms with Gasteiger partial charge in [0.1, 0.15) is 0 Å². The van der Waals surface area contributed by atoms with Crippen LogP contribution in [-0.4, -0.2) is 63.0 Å². The highest BCUT2D eigenvalue weighted by molar-refractivity contribution is 5.47. The average Bonchev–Trinajstić information content (AvgIpc) is 2.75. The van der Waals surface area contributed by atoms with Crippen molar-refractivity contribution >= 4 is 5.69 Å². The number of anilines is 1. The Kier molecular flexibility index (Phi) is 6.30. The Hall–Kier alpha value is -1.88. The molecular formula is C24H32N2O2. The zero-order chi connectivity index (χ0) is 19.2. The Balaban J connectivity index is 1.38. The highest BCUT2D eigenvalue weighted by atomic mass is 16.5. The van der Waals surface area contributed by atoms with E-state index in [0.717, 1.165) is 52.0 Å².